The molecule has 1 aromatic carbocycles. The van der Waals surface area contributed by atoms with Gasteiger partial charge in [-0.2, -0.15) is 0 Å². The summed E-state index contributed by atoms with van der Waals surface area (Å²) in [6.45, 7) is 6.68. The molecule has 0 aliphatic carbocycles. The normalized spacial score (nSPS) is 14.8. The largest absolute Gasteiger partial charge is 0.497 e. The molecule has 0 saturated carbocycles. The van der Waals surface area contributed by atoms with E-state index >= 15 is 0 Å². The van der Waals surface area contributed by atoms with Gasteiger partial charge in [-0.15, -0.1) is 0 Å². The van der Waals surface area contributed by atoms with Crippen molar-refractivity contribution < 1.29 is 14.3 Å². The van der Waals surface area contributed by atoms with Crippen LogP contribution in [0.25, 0.3) is 0 Å². The van der Waals surface area contributed by atoms with Gasteiger partial charge in [0.1, 0.15) is 5.75 Å². The van der Waals surface area contributed by atoms with Crippen LogP contribution in [0.1, 0.15) is 32.3 Å². The number of piperazine rings is 1. The van der Waals surface area contributed by atoms with Crippen molar-refractivity contribution in [3.05, 3.63) is 29.8 Å². The lowest BCUT2D eigenvalue weighted by Crippen LogP contribution is -2.50. The molecular weight excluding hydrogens is 304 g/mol. The first-order chi connectivity index (χ1) is 11.5. The fourth-order valence-electron chi connectivity index (χ4n) is 2.92. The molecule has 0 unspecified atom stereocenters. The fourth-order valence-corrected chi connectivity index (χ4v) is 2.92. The molecule has 0 radical (unpaired) electrons. The minimum absolute atomic E-state index is 0.161. The number of nitrogens with zero attached hydrogens (tertiary/aromatic N) is 2. The first kappa shape index (κ1) is 18.3. The average molecular weight is 332 g/mol. The number of ether oxygens (including phenoxy) is 1. The number of hydrogen-bond donors (Lipinski definition) is 0. The zero-order valence-electron chi connectivity index (χ0n) is 15.0. The average Bonchev–Trinajstić information content (AvgIpc) is 2.59. The molecule has 0 atom stereocenters. The van der Waals surface area contributed by atoms with Gasteiger partial charge in [-0.25, -0.2) is 0 Å². The highest BCUT2D eigenvalue weighted by atomic mass is 16.5. The topological polar surface area (TPSA) is 49.9 Å². The molecule has 0 spiro atoms. The molecule has 5 heteroatoms. The van der Waals surface area contributed by atoms with Gasteiger partial charge in [0.05, 0.1) is 7.11 Å². The Balaban J connectivity index is 1.77. The number of rotatable bonds is 6. The minimum atomic E-state index is 0.161. The van der Waals surface area contributed by atoms with Gasteiger partial charge in [0.25, 0.3) is 0 Å². The van der Waals surface area contributed by atoms with E-state index in [2.05, 4.69) is 13.8 Å². The van der Waals surface area contributed by atoms with Gasteiger partial charge in [0, 0.05) is 39.0 Å². The Morgan fingerprint density at radius 1 is 1.08 bits per heavy atom. The van der Waals surface area contributed by atoms with E-state index in [4.69, 9.17) is 4.74 Å². The van der Waals surface area contributed by atoms with Crippen LogP contribution in [0, 0.1) is 5.92 Å². The van der Waals surface area contributed by atoms with E-state index in [1.807, 2.05) is 34.1 Å². The lowest BCUT2D eigenvalue weighted by atomic mass is 10.1. The molecule has 0 aromatic heterocycles. The quantitative estimate of drug-likeness (QED) is 0.803. The number of methoxy groups -OCH3 is 1. The molecule has 1 heterocycles. The van der Waals surface area contributed by atoms with Crippen LogP contribution in [0.4, 0.5) is 0 Å². The number of amides is 2. The second-order valence-corrected chi connectivity index (χ2v) is 6.71. The summed E-state index contributed by atoms with van der Waals surface area (Å²) in [4.78, 5) is 28.2. The summed E-state index contributed by atoms with van der Waals surface area (Å²) < 4.78 is 5.21. The Morgan fingerprint density at radius 3 is 2.29 bits per heavy atom. The maximum Gasteiger partial charge on any atom is 0.223 e. The molecule has 0 N–H and O–H groups in total. The van der Waals surface area contributed by atoms with Crippen LogP contribution in [-0.4, -0.2) is 54.9 Å². The maximum absolute atomic E-state index is 12.4. The lowest BCUT2D eigenvalue weighted by Gasteiger charge is -2.35. The molecule has 1 aromatic rings. The third-order valence-corrected chi connectivity index (χ3v) is 4.33. The summed E-state index contributed by atoms with van der Waals surface area (Å²) >= 11 is 0. The molecule has 5 nitrogen and oxygen atoms in total. The SMILES string of the molecule is COc1cccc(CCC(=O)N2CCN(C(=O)CC(C)C)CC2)c1. The van der Waals surface area contributed by atoms with Crippen molar-refractivity contribution in [1.82, 2.24) is 9.80 Å². The van der Waals surface area contributed by atoms with Crippen LogP contribution in [0.2, 0.25) is 0 Å². The highest BCUT2D eigenvalue weighted by molar-refractivity contribution is 5.78. The van der Waals surface area contributed by atoms with Crippen molar-refractivity contribution in [2.45, 2.75) is 33.1 Å². The zero-order chi connectivity index (χ0) is 17.5. The van der Waals surface area contributed by atoms with Crippen LogP contribution in [0.5, 0.6) is 5.75 Å². The van der Waals surface area contributed by atoms with Crippen LogP contribution >= 0.6 is 0 Å². The zero-order valence-corrected chi connectivity index (χ0v) is 15.0. The molecule has 0 bridgehead atoms. The van der Waals surface area contributed by atoms with Crippen molar-refractivity contribution in [3.8, 4) is 5.75 Å². The molecule has 1 aliphatic heterocycles. The van der Waals surface area contributed by atoms with Crippen LogP contribution in [0.3, 0.4) is 0 Å². The van der Waals surface area contributed by atoms with Crippen molar-refractivity contribution in [2.24, 2.45) is 5.92 Å². The smallest absolute Gasteiger partial charge is 0.223 e. The second kappa shape index (κ2) is 8.71. The fraction of sp³-hybridized carbons (Fsp3) is 0.579. The number of carbonyl (C=O) groups excluding carboxylic acids is 2. The molecule has 1 fully saturated rings. The Bertz CT molecular complexity index is 563. The molecule has 2 rings (SSSR count). The molecule has 132 valence electrons. The third-order valence-electron chi connectivity index (χ3n) is 4.33. The van der Waals surface area contributed by atoms with Crippen molar-refractivity contribution in [3.63, 3.8) is 0 Å². The van der Waals surface area contributed by atoms with Crippen molar-refractivity contribution in [2.75, 3.05) is 33.3 Å². The predicted octanol–water partition coefficient (Wildman–Crippen LogP) is 2.34. The first-order valence-electron chi connectivity index (χ1n) is 8.68. The second-order valence-electron chi connectivity index (χ2n) is 6.71. The van der Waals surface area contributed by atoms with Crippen molar-refractivity contribution >= 4 is 11.8 Å². The van der Waals surface area contributed by atoms with Crippen molar-refractivity contribution in [1.29, 1.82) is 0 Å². The van der Waals surface area contributed by atoms with Gasteiger partial charge in [-0.3, -0.25) is 9.59 Å². The van der Waals surface area contributed by atoms with E-state index in [9.17, 15) is 9.59 Å². The summed E-state index contributed by atoms with van der Waals surface area (Å²) in [7, 11) is 1.64. The van der Waals surface area contributed by atoms with E-state index < -0.39 is 0 Å². The van der Waals surface area contributed by atoms with Crippen LogP contribution in [0.15, 0.2) is 24.3 Å². The number of aryl methyl sites for hydroxylation is 1. The molecule has 24 heavy (non-hydrogen) atoms. The van der Waals surface area contributed by atoms with Crippen LogP contribution < -0.4 is 4.74 Å². The van der Waals surface area contributed by atoms with E-state index in [-0.39, 0.29) is 11.8 Å². The van der Waals surface area contributed by atoms with E-state index in [1.54, 1.807) is 7.11 Å². The lowest BCUT2D eigenvalue weighted by molar-refractivity contribution is -0.140. The highest BCUT2D eigenvalue weighted by Crippen LogP contribution is 2.15. The molecular formula is C19H28N2O3. The molecule has 2 amide bonds. The Morgan fingerprint density at radius 2 is 1.71 bits per heavy atom. The van der Waals surface area contributed by atoms with E-state index in [1.165, 1.54) is 0 Å². The Kier molecular flexibility index (Phi) is 6.64. The third kappa shape index (κ3) is 5.25. The number of carbonyl (C=O) groups is 2. The summed E-state index contributed by atoms with van der Waals surface area (Å²) in [6.07, 6.45) is 1.79. The van der Waals surface area contributed by atoms with Gasteiger partial charge < -0.3 is 14.5 Å². The standard InChI is InChI=1S/C19H28N2O3/c1-15(2)13-19(23)21-11-9-20(10-12-21)18(22)8-7-16-5-4-6-17(14-16)24-3/h4-6,14-15H,7-13H2,1-3H3. The van der Waals surface area contributed by atoms with Gasteiger partial charge in [0.15, 0.2) is 0 Å². The summed E-state index contributed by atoms with van der Waals surface area (Å²) in [5, 5.41) is 0. The Hall–Kier alpha value is -2.04. The van der Waals surface area contributed by atoms with E-state index in [0.29, 0.717) is 51.4 Å². The van der Waals surface area contributed by atoms with Crippen LogP contribution in [-0.2, 0) is 16.0 Å². The predicted molar refractivity (Wildman–Crippen MR) is 93.9 cm³/mol. The van der Waals surface area contributed by atoms with Gasteiger partial charge in [0.2, 0.25) is 11.8 Å². The number of hydrogen-bond acceptors (Lipinski definition) is 3. The van der Waals surface area contributed by atoms with Gasteiger partial charge in [-0.05, 0) is 30.0 Å². The minimum Gasteiger partial charge on any atom is -0.497 e. The monoisotopic (exact) mass is 332 g/mol. The van der Waals surface area contributed by atoms with E-state index in [0.717, 1.165) is 11.3 Å². The Labute approximate surface area is 144 Å². The van der Waals surface area contributed by atoms with Gasteiger partial charge >= 0.3 is 0 Å². The molecule has 1 saturated heterocycles. The van der Waals surface area contributed by atoms with Gasteiger partial charge in [-0.1, -0.05) is 26.0 Å². The number of benzene rings is 1. The summed E-state index contributed by atoms with van der Waals surface area (Å²) in [5.41, 5.74) is 1.11. The molecule has 1 aliphatic rings. The summed E-state index contributed by atoms with van der Waals surface area (Å²) in [6, 6.07) is 7.82. The first-order valence-corrected chi connectivity index (χ1v) is 8.68. The maximum atomic E-state index is 12.4. The highest BCUT2D eigenvalue weighted by Gasteiger charge is 2.24. The summed E-state index contributed by atoms with van der Waals surface area (Å²) in [5.74, 6) is 1.56.